The van der Waals surface area contributed by atoms with Crippen LogP contribution in [0.25, 0.3) is 0 Å². The van der Waals surface area contributed by atoms with E-state index in [-0.39, 0.29) is 0 Å². The number of hydrogen-bond donors (Lipinski definition) is 0. The van der Waals surface area contributed by atoms with E-state index in [4.69, 9.17) is 27.9 Å². The van der Waals surface area contributed by atoms with Crippen LogP contribution in [-0.2, 0) is 9.53 Å². The van der Waals surface area contributed by atoms with Gasteiger partial charge in [-0.05, 0) is 68.1 Å². The Morgan fingerprint density at radius 3 is 2.06 bits per heavy atom. The normalized spacial score (nSPS) is 41.4. The van der Waals surface area contributed by atoms with Gasteiger partial charge in [0, 0.05) is 0 Å². The highest BCUT2D eigenvalue weighted by Gasteiger charge is 2.50. The molecule has 0 spiro atoms. The monoisotopic (exact) mass is 290 g/mol. The van der Waals surface area contributed by atoms with Crippen molar-refractivity contribution in [3.63, 3.8) is 0 Å². The van der Waals surface area contributed by atoms with Gasteiger partial charge in [0.05, 0.1) is 6.61 Å². The highest BCUT2D eigenvalue weighted by atomic mass is 35.5. The van der Waals surface area contributed by atoms with Crippen LogP contribution in [0.2, 0.25) is 0 Å². The van der Waals surface area contributed by atoms with E-state index in [2.05, 4.69) is 0 Å². The molecule has 0 atom stereocenters. The van der Waals surface area contributed by atoms with Gasteiger partial charge in [0.15, 0.2) is 0 Å². The quantitative estimate of drug-likeness (QED) is 0.579. The van der Waals surface area contributed by atoms with Crippen molar-refractivity contribution < 1.29 is 9.53 Å². The summed E-state index contributed by atoms with van der Waals surface area (Å²) in [6.45, 7) is 0.487. The molecule has 4 bridgehead atoms. The molecule has 4 aliphatic rings. The number of esters is 1. The molecule has 0 heterocycles. The number of ether oxygens (including phenoxy) is 1. The first-order valence-corrected chi connectivity index (χ1v) is 7.88. The zero-order valence-electron chi connectivity index (χ0n) is 10.5. The summed E-state index contributed by atoms with van der Waals surface area (Å²) in [5, 5.41) is 0. The third-order valence-corrected chi connectivity index (χ3v) is 5.58. The van der Waals surface area contributed by atoms with Crippen LogP contribution in [0.5, 0.6) is 0 Å². The van der Waals surface area contributed by atoms with Crippen molar-refractivity contribution >= 4 is 29.2 Å². The molecule has 0 saturated heterocycles. The first-order chi connectivity index (χ1) is 8.56. The van der Waals surface area contributed by atoms with Crippen LogP contribution in [-0.4, -0.2) is 17.4 Å². The zero-order valence-corrected chi connectivity index (χ0v) is 12.1. The van der Waals surface area contributed by atoms with Gasteiger partial charge in [-0.25, -0.2) is 4.79 Å². The fourth-order valence-electron chi connectivity index (χ4n) is 5.03. The SMILES string of the molecule is O=C(OCCC12CC3CC(CC(C3)C1)C2)C(Cl)Cl. The zero-order chi connectivity index (χ0) is 12.8. The Bertz CT molecular complexity index is 305. The third-order valence-electron chi connectivity index (χ3n) is 5.22. The molecule has 18 heavy (non-hydrogen) atoms. The minimum absolute atomic E-state index is 0.461. The summed E-state index contributed by atoms with van der Waals surface area (Å²) in [5.41, 5.74) is 0.461. The molecule has 102 valence electrons. The molecule has 4 fully saturated rings. The Kier molecular flexibility index (Phi) is 3.53. The molecular weight excluding hydrogens is 271 g/mol. The van der Waals surface area contributed by atoms with E-state index in [0.29, 0.717) is 12.0 Å². The van der Waals surface area contributed by atoms with Gasteiger partial charge in [-0.15, -0.1) is 0 Å². The molecule has 0 amide bonds. The van der Waals surface area contributed by atoms with Gasteiger partial charge in [0.2, 0.25) is 4.84 Å². The highest BCUT2D eigenvalue weighted by molar-refractivity contribution is 6.52. The predicted octanol–water partition coefficient (Wildman–Crippen LogP) is 3.94. The largest absolute Gasteiger partial charge is 0.464 e. The van der Waals surface area contributed by atoms with Crippen molar-refractivity contribution in [1.29, 1.82) is 0 Å². The molecule has 0 aromatic rings. The van der Waals surface area contributed by atoms with Gasteiger partial charge in [-0.3, -0.25) is 0 Å². The Morgan fingerprint density at radius 2 is 1.61 bits per heavy atom. The average molecular weight is 291 g/mol. The van der Waals surface area contributed by atoms with E-state index >= 15 is 0 Å². The summed E-state index contributed by atoms with van der Waals surface area (Å²) in [6, 6.07) is 0. The second-order valence-electron chi connectivity index (χ2n) is 6.64. The Labute approximate surface area is 118 Å². The lowest BCUT2D eigenvalue weighted by molar-refractivity contribution is -0.144. The molecule has 0 unspecified atom stereocenters. The molecule has 0 radical (unpaired) electrons. The second-order valence-corrected chi connectivity index (χ2v) is 7.73. The minimum atomic E-state index is -1.04. The van der Waals surface area contributed by atoms with Gasteiger partial charge in [-0.2, -0.15) is 0 Å². The van der Waals surface area contributed by atoms with Crippen molar-refractivity contribution in [3.8, 4) is 0 Å². The number of carbonyl (C=O) groups is 1. The Morgan fingerprint density at radius 1 is 1.11 bits per heavy atom. The number of rotatable bonds is 4. The van der Waals surface area contributed by atoms with E-state index in [0.717, 1.165) is 24.2 Å². The molecule has 4 heteroatoms. The van der Waals surface area contributed by atoms with Crippen molar-refractivity contribution in [2.45, 2.75) is 49.8 Å². The first-order valence-electron chi connectivity index (χ1n) is 7.01. The molecule has 4 saturated carbocycles. The van der Waals surface area contributed by atoms with Gasteiger partial charge in [0.25, 0.3) is 0 Å². The summed E-state index contributed by atoms with van der Waals surface area (Å²) in [5.74, 6) is 2.34. The molecule has 2 nitrogen and oxygen atoms in total. The predicted molar refractivity (Wildman–Crippen MR) is 71.7 cm³/mol. The standard InChI is InChI=1S/C14H20Cl2O2/c15-12(16)13(17)18-2-1-14-6-9-3-10(7-14)5-11(4-9)8-14/h9-12H,1-8H2. The van der Waals surface area contributed by atoms with Gasteiger partial charge in [-0.1, -0.05) is 23.2 Å². The van der Waals surface area contributed by atoms with Crippen molar-refractivity contribution in [1.82, 2.24) is 0 Å². The number of alkyl halides is 2. The summed E-state index contributed by atoms with van der Waals surface area (Å²) >= 11 is 10.9. The highest BCUT2D eigenvalue weighted by Crippen LogP contribution is 2.61. The molecule has 0 N–H and O–H groups in total. The first kappa shape index (κ1) is 13.1. The second kappa shape index (κ2) is 4.86. The van der Waals surface area contributed by atoms with Crippen molar-refractivity contribution in [2.24, 2.45) is 23.2 Å². The molecule has 0 aromatic heterocycles. The fraction of sp³-hybridized carbons (Fsp3) is 0.929. The Hall–Kier alpha value is 0.0500. The summed E-state index contributed by atoms with van der Waals surface area (Å²) in [6.07, 6.45) is 9.40. The molecule has 4 rings (SSSR count). The summed E-state index contributed by atoms with van der Waals surface area (Å²) < 4.78 is 5.14. The molecule has 0 aliphatic heterocycles. The minimum Gasteiger partial charge on any atom is -0.464 e. The number of hydrogen-bond acceptors (Lipinski definition) is 2. The van der Waals surface area contributed by atoms with Crippen molar-refractivity contribution in [2.75, 3.05) is 6.61 Å². The van der Waals surface area contributed by atoms with Crippen LogP contribution in [0.1, 0.15) is 44.9 Å². The van der Waals surface area contributed by atoms with E-state index in [1.165, 1.54) is 38.5 Å². The molecule has 0 aromatic carbocycles. The van der Waals surface area contributed by atoms with Crippen LogP contribution in [0.3, 0.4) is 0 Å². The van der Waals surface area contributed by atoms with Crippen LogP contribution < -0.4 is 0 Å². The van der Waals surface area contributed by atoms with Crippen LogP contribution in [0.4, 0.5) is 0 Å². The smallest absolute Gasteiger partial charge is 0.339 e. The van der Waals surface area contributed by atoms with Crippen molar-refractivity contribution in [3.05, 3.63) is 0 Å². The van der Waals surface area contributed by atoms with Gasteiger partial charge >= 0.3 is 5.97 Å². The molecule has 4 aliphatic carbocycles. The topological polar surface area (TPSA) is 26.3 Å². The maximum absolute atomic E-state index is 11.2. The van der Waals surface area contributed by atoms with E-state index in [1.54, 1.807) is 0 Å². The number of halogens is 2. The van der Waals surface area contributed by atoms with Crippen LogP contribution >= 0.6 is 23.2 Å². The van der Waals surface area contributed by atoms with Crippen LogP contribution in [0.15, 0.2) is 0 Å². The van der Waals surface area contributed by atoms with Crippen LogP contribution in [0, 0.1) is 23.2 Å². The lowest BCUT2D eigenvalue weighted by Crippen LogP contribution is -2.46. The van der Waals surface area contributed by atoms with Gasteiger partial charge in [0.1, 0.15) is 0 Å². The third kappa shape index (κ3) is 2.51. The maximum Gasteiger partial charge on any atom is 0.339 e. The van der Waals surface area contributed by atoms with E-state index < -0.39 is 10.8 Å². The lowest BCUT2D eigenvalue weighted by atomic mass is 9.49. The summed E-state index contributed by atoms with van der Waals surface area (Å²) in [7, 11) is 0. The fourth-order valence-corrected chi connectivity index (χ4v) is 5.15. The maximum atomic E-state index is 11.2. The van der Waals surface area contributed by atoms with E-state index in [1.807, 2.05) is 0 Å². The average Bonchev–Trinajstić information content (AvgIpc) is 2.26. The molecular formula is C14H20Cl2O2. The van der Waals surface area contributed by atoms with E-state index in [9.17, 15) is 4.79 Å². The van der Waals surface area contributed by atoms with Gasteiger partial charge < -0.3 is 4.74 Å². The Balaban J connectivity index is 1.54. The summed E-state index contributed by atoms with van der Waals surface area (Å²) in [4.78, 5) is 10.2. The number of carbonyl (C=O) groups excluding carboxylic acids is 1. The lowest BCUT2D eigenvalue weighted by Gasteiger charge is -2.57.